The lowest BCUT2D eigenvalue weighted by molar-refractivity contribution is 0.481. The van der Waals surface area contributed by atoms with Crippen LogP contribution in [0.5, 0.6) is 0 Å². The summed E-state index contributed by atoms with van der Waals surface area (Å²) in [6, 6.07) is 4.47. The van der Waals surface area contributed by atoms with Gasteiger partial charge in [-0.3, -0.25) is 4.99 Å². The van der Waals surface area contributed by atoms with E-state index in [1.54, 1.807) is 7.05 Å². The third-order valence-electron chi connectivity index (χ3n) is 3.32. The Labute approximate surface area is 122 Å². The topological polar surface area (TPSA) is 52.6 Å². The molecule has 0 saturated heterocycles. The second kappa shape index (κ2) is 7.72. The monoisotopic (exact) mass is 277 g/mol. The molecule has 0 aliphatic rings. The first-order valence-corrected chi connectivity index (χ1v) is 7.03. The van der Waals surface area contributed by atoms with E-state index in [0.717, 1.165) is 18.3 Å². The summed E-state index contributed by atoms with van der Waals surface area (Å²) in [5.41, 5.74) is 1.18. The van der Waals surface area contributed by atoms with Gasteiger partial charge in [-0.15, -0.1) is 0 Å². The minimum atomic E-state index is 0.385. The van der Waals surface area contributed by atoms with E-state index in [-0.39, 0.29) is 0 Å². The highest BCUT2D eigenvalue weighted by Crippen LogP contribution is 2.09. The van der Waals surface area contributed by atoms with Crippen molar-refractivity contribution in [2.24, 2.45) is 10.9 Å². The number of anilines is 1. The zero-order chi connectivity index (χ0) is 15.1. The summed E-state index contributed by atoms with van der Waals surface area (Å²) >= 11 is 0. The maximum absolute atomic E-state index is 4.31. The zero-order valence-corrected chi connectivity index (χ0v) is 13.4. The van der Waals surface area contributed by atoms with E-state index in [2.05, 4.69) is 47.4 Å². The average molecular weight is 277 g/mol. The Balaban J connectivity index is 2.59. The SMILES string of the molecule is CN=C(NCc1ccnc(N(C)C)c1)NC(C)C(C)C. The molecular formula is C15H27N5. The van der Waals surface area contributed by atoms with Crippen molar-refractivity contribution in [1.29, 1.82) is 0 Å². The molecule has 0 radical (unpaired) electrons. The summed E-state index contributed by atoms with van der Waals surface area (Å²) in [4.78, 5) is 10.6. The van der Waals surface area contributed by atoms with Crippen LogP contribution in [0.1, 0.15) is 26.3 Å². The van der Waals surface area contributed by atoms with Gasteiger partial charge in [0.2, 0.25) is 0 Å². The predicted molar refractivity (Wildman–Crippen MR) is 86.2 cm³/mol. The van der Waals surface area contributed by atoms with Gasteiger partial charge in [0, 0.05) is 39.9 Å². The zero-order valence-electron chi connectivity index (χ0n) is 13.4. The van der Waals surface area contributed by atoms with Crippen molar-refractivity contribution in [3.8, 4) is 0 Å². The van der Waals surface area contributed by atoms with Crippen LogP contribution in [0.4, 0.5) is 5.82 Å². The van der Waals surface area contributed by atoms with Gasteiger partial charge < -0.3 is 15.5 Å². The fourth-order valence-electron chi connectivity index (χ4n) is 1.58. The van der Waals surface area contributed by atoms with Gasteiger partial charge in [-0.05, 0) is 30.5 Å². The molecule has 1 rings (SSSR count). The number of nitrogens with zero attached hydrogens (tertiary/aromatic N) is 3. The second-order valence-corrected chi connectivity index (χ2v) is 5.52. The highest BCUT2D eigenvalue weighted by atomic mass is 15.2. The minimum Gasteiger partial charge on any atom is -0.363 e. The van der Waals surface area contributed by atoms with Crippen LogP contribution in [-0.2, 0) is 6.54 Å². The van der Waals surface area contributed by atoms with Crippen molar-refractivity contribution in [2.45, 2.75) is 33.4 Å². The number of rotatable bonds is 5. The lowest BCUT2D eigenvalue weighted by Crippen LogP contribution is -2.43. The molecule has 1 aromatic heterocycles. The highest BCUT2D eigenvalue weighted by molar-refractivity contribution is 5.79. The van der Waals surface area contributed by atoms with Crippen LogP contribution in [0.25, 0.3) is 0 Å². The molecule has 0 aliphatic carbocycles. The largest absolute Gasteiger partial charge is 0.363 e. The number of hydrogen-bond acceptors (Lipinski definition) is 3. The summed E-state index contributed by atoms with van der Waals surface area (Å²) in [7, 11) is 5.77. The van der Waals surface area contributed by atoms with E-state index in [1.165, 1.54) is 5.56 Å². The van der Waals surface area contributed by atoms with Crippen molar-refractivity contribution in [3.05, 3.63) is 23.9 Å². The van der Waals surface area contributed by atoms with Crippen LogP contribution in [-0.4, -0.2) is 38.1 Å². The molecular weight excluding hydrogens is 250 g/mol. The quantitative estimate of drug-likeness (QED) is 0.637. The third kappa shape index (κ3) is 5.07. The number of pyridine rings is 1. The molecule has 0 aliphatic heterocycles. The van der Waals surface area contributed by atoms with Crippen LogP contribution >= 0.6 is 0 Å². The maximum atomic E-state index is 4.31. The van der Waals surface area contributed by atoms with Crippen molar-refractivity contribution in [3.63, 3.8) is 0 Å². The highest BCUT2D eigenvalue weighted by Gasteiger charge is 2.08. The van der Waals surface area contributed by atoms with E-state index in [4.69, 9.17) is 0 Å². The first-order valence-electron chi connectivity index (χ1n) is 7.03. The van der Waals surface area contributed by atoms with Gasteiger partial charge in [-0.25, -0.2) is 4.98 Å². The van der Waals surface area contributed by atoms with Gasteiger partial charge in [-0.2, -0.15) is 0 Å². The van der Waals surface area contributed by atoms with Gasteiger partial charge in [0.25, 0.3) is 0 Å². The van der Waals surface area contributed by atoms with Gasteiger partial charge >= 0.3 is 0 Å². The van der Waals surface area contributed by atoms with Crippen LogP contribution in [0.2, 0.25) is 0 Å². The summed E-state index contributed by atoms with van der Waals surface area (Å²) in [5, 5.41) is 6.72. The Kier molecular flexibility index (Phi) is 6.28. The summed E-state index contributed by atoms with van der Waals surface area (Å²) in [5.74, 6) is 2.35. The van der Waals surface area contributed by atoms with E-state index in [9.17, 15) is 0 Å². The summed E-state index contributed by atoms with van der Waals surface area (Å²) < 4.78 is 0. The number of hydrogen-bond donors (Lipinski definition) is 2. The molecule has 0 bridgehead atoms. The Morgan fingerprint density at radius 1 is 1.35 bits per heavy atom. The first-order chi connectivity index (χ1) is 9.43. The lowest BCUT2D eigenvalue weighted by Gasteiger charge is -2.21. The molecule has 0 spiro atoms. The minimum absolute atomic E-state index is 0.385. The molecule has 0 amide bonds. The number of guanidine groups is 1. The predicted octanol–water partition coefficient (Wildman–Crippen LogP) is 1.86. The van der Waals surface area contributed by atoms with Crippen molar-refractivity contribution in [2.75, 3.05) is 26.0 Å². The van der Waals surface area contributed by atoms with E-state index in [0.29, 0.717) is 12.0 Å². The first kappa shape index (κ1) is 16.3. The molecule has 5 nitrogen and oxygen atoms in total. The average Bonchev–Trinajstić information content (AvgIpc) is 2.43. The number of aliphatic imine (C=N–C) groups is 1. The molecule has 20 heavy (non-hydrogen) atoms. The molecule has 1 atom stereocenters. The van der Waals surface area contributed by atoms with Gasteiger partial charge in [0.1, 0.15) is 5.82 Å². The Morgan fingerprint density at radius 3 is 2.60 bits per heavy atom. The van der Waals surface area contributed by atoms with Gasteiger partial charge in [0.05, 0.1) is 0 Å². The molecule has 0 aromatic carbocycles. The Morgan fingerprint density at radius 2 is 2.05 bits per heavy atom. The third-order valence-corrected chi connectivity index (χ3v) is 3.32. The molecule has 5 heteroatoms. The van der Waals surface area contributed by atoms with Crippen LogP contribution in [0, 0.1) is 5.92 Å². The Hall–Kier alpha value is -1.78. The van der Waals surface area contributed by atoms with Crippen molar-refractivity contribution >= 4 is 11.8 Å². The molecule has 112 valence electrons. The summed E-state index contributed by atoms with van der Waals surface area (Å²) in [6.07, 6.45) is 1.83. The van der Waals surface area contributed by atoms with Crippen molar-refractivity contribution in [1.82, 2.24) is 15.6 Å². The molecule has 1 unspecified atom stereocenters. The smallest absolute Gasteiger partial charge is 0.191 e. The van der Waals surface area contributed by atoms with Crippen LogP contribution < -0.4 is 15.5 Å². The number of aromatic nitrogens is 1. The van der Waals surface area contributed by atoms with E-state index < -0.39 is 0 Å². The normalized spacial score (nSPS) is 13.2. The molecule has 1 heterocycles. The second-order valence-electron chi connectivity index (χ2n) is 5.52. The lowest BCUT2D eigenvalue weighted by atomic mass is 10.1. The van der Waals surface area contributed by atoms with Crippen LogP contribution in [0.3, 0.4) is 0 Å². The fourth-order valence-corrected chi connectivity index (χ4v) is 1.58. The van der Waals surface area contributed by atoms with Gasteiger partial charge in [0.15, 0.2) is 5.96 Å². The number of nitrogens with one attached hydrogen (secondary N) is 2. The van der Waals surface area contributed by atoms with Gasteiger partial charge in [-0.1, -0.05) is 13.8 Å². The maximum Gasteiger partial charge on any atom is 0.191 e. The fraction of sp³-hybridized carbons (Fsp3) is 0.600. The van der Waals surface area contributed by atoms with Crippen molar-refractivity contribution < 1.29 is 0 Å². The molecule has 1 aromatic rings. The Bertz CT molecular complexity index is 440. The molecule has 0 saturated carbocycles. The summed E-state index contributed by atoms with van der Waals surface area (Å²) in [6.45, 7) is 7.27. The van der Waals surface area contributed by atoms with E-state index in [1.807, 2.05) is 31.3 Å². The van der Waals surface area contributed by atoms with Crippen LogP contribution in [0.15, 0.2) is 23.3 Å². The van der Waals surface area contributed by atoms with E-state index >= 15 is 0 Å². The standard InChI is InChI=1S/C15H27N5/c1-11(2)12(3)19-15(16-4)18-10-13-7-8-17-14(9-13)20(5)6/h7-9,11-12H,10H2,1-6H3,(H2,16,18,19). The molecule has 2 N–H and O–H groups in total. The molecule has 0 fully saturated rings.